The third-order valence-electron chi connectivity index (χ3n) is 3.95. The van der Waals surface area contributed by atoms with Crippen LogP contribution >= 0.6 is 23.5 Å². The number of thioether (sulfide) groups is 2. The second kappa shape index (κ2) is 5.43. The zero-order chi connectivity index (χ0) is 15.0. The first-order valence-electron chi connectivity index (χ1n) is 6.61. The van der Waals surface area contributed by atoms with Gasteiger partial charge >= 0.3 is 5.97 Å². The van der Waals surface area contributed by atoms with E-state index in [1.807, 2.05) is 18.2 Å². The van der Waals surface area contributed by atoms with Crippen LogP contribution in [-0.2, 0) is 8.82 Å². The van der Waals surface area contributed by atoms with E-state index in [-0.39, 0.29) is 10.0 Å². The Morgan fingerprint density at radius 1 is 1.00 bits per heavy atom. The number of esters is 1. The van der Waals surface area contributed by atoms with Gasteiger partial charge in [-0.1, -0.05) is 36.4 Å². The highest BCUT2D eigenvalue weighted by molar-refractivity contribution is 8.17. The van der Waals surface area contributed by atoms with Crippen molar-refractivity contribution in [2.75, 3.05) is 19.6 Å². The van der Waals surface area contributed by atoms with Crippen LogP contribution in [0.3, 0.4) is 0 Å². The number of carbonyl (C=O) groups excluding carboxylic acids is 1. The average Bonchev–Trinajstić information content (AvgIpc) is 2.85. The van der Waals surface area contributed by atoms with Gasteiger partial charge in [-0.15, -0.1) is 23.5 Å². The van der Waals surface area contributed by atoms with Crippen LogP contribution in [0.15, 0.2) is 42.5 Å². The van der Waals surface area contributed by atoms with Crippen LogP contribution < -0.4 is 0 Å². The summed E-state index contributed by atoms with van der Waals surface area (Å²) in [4.78, 5) is 12.2. The maximum Gasteiger partial charge on any atom is 0.338 e. The Morgan fingerprint density at radius 2 is 1.67 bits per heavy atom. The summed E-state index contributed by atoms with van der Waals surface area (Å²) in [6.45, 7) is 0. The number of methoxy groups -OCH3 is 1. The van der Waals surface area contributed by atoms with Crippen molar-refractivity contribution in [3.05, 3.63) is 59.2 Å². The predicted molar refractivity (Wildman–Crippen MR) is 91.0 cm³/mol. The zero-order valence-electron chi connectivity index (χ0n) is 12.2. The first-order valence-corrected chi connectivity index (χ1v) is 9.06. The van der Waals surface area contributed by atoms with E-state index >= 15 is 0 Å². The molecule has 0 spiro atoms. The van der Waals surface area contributed by atoms with Crippen molar-refractivity contribution < 1.29 is 9.53 Å². The Kier molecular flexibility index (Phi) is 3.76. The molecule has 0 saturated heterocycles. The molecule has 1 aliphatic carbocycles. The van der Waals surface area contributed by atoms with E-state index in [9.17, 15) is 4.79 Å². The third kappa shape index (κ3) is 1.93. The van der Waals surface area contributed by atoms with Crippen molar-refractivity contribution >= 4 is 29.5 Å². The topological polar surface area (TPSA) is 26.3 Å². The molecule has 0 unspecified atom stereocenters. The standard InChI is InChI=1S/C17H16O2S2/c1-19-16(18)13-9-6-8-12-11-7-4-5-10-14(11)17(20-2,21-3)15(12)13/h4-10H,1-3H3. The van der Waals surface area contributed by atoms with E-state index in [1.54, 1.807) is 23.5 Å². The number of rotatable bonds is 3. The van der Waals surface area contributed by atoms with Gasteiger partial charge in [0.15, 0.2) is 0 Å². The normalized spacial score (nSPS) is 14.4. The molecular formula is C17H16O2S2. The fourth-order valence-electron chi connectivity index (χ4n) is 3.06. The summed E-state index contributed by atoms with van der Waals surface area (Å²) in [5.41, 5.74) is 5.34. The highest BCUT2D eigenvalue weighted by Crippen LogP contribution is 2.60. The summed E-state index contributed by atoms with van der Waals surface area (Å²) in [5.74, 6) is -0.271. The van der Waals surface area contributed by atoms with Gasteiger partial charge in [-0.3, -0.25) is 0 Å². The molecule has 0 aliphatic heterocycles. The fraction of sp³-hybridized carbons (Fsp3) is 0.235. The summed E-state index contributed by atoms with van der Waals surface area (Å²) in [5, 5.41) is 0. The summed E-state index contributed by atoms with van der Waals surface area (Å²) >= 11 is 3.52. The molecule has 0 saturated carbocycles. The van der Waals surface area contributed by atoms with Gasteiger partial charge in [-0.25, -0.2) is 4.79 Å². The Balaban J connectivity index is 2.39. The number of fused-ring (bicyclic) bond motifs is 3. The van der Waals surface area contributed by atoms with Crippen molar-refractivity contribution in [2.45, 2.75) is 4.08 Å². The van der Waals surface area contributed by atoms with Crippen LogP contribution in [-0.4, -0.2) is 25.6 Å². The smallest absolute Gasteiger partial charge is 0.338 e. The largest absolute Gasteiger partial charge is 0.465 e. The van der Waals surface area contributed by atoms with Crippen molar-refractivity contribution in [3.63, 3.8) is 0 Å². The molecule has 4 heteroatoms. The Hall–Kier alpha value is -1.39. The number of hydrogen-bond donors (Lipinski definition) is 0. The molecule has 0 atom stereocenters. The number of carbonyl (C=O) groups is 1. The SMILES string of the molecule is COC(=O)c1cccc2c1C(SC)(SC)c1ccccc1-2. The summed E-state index contributed by atoms with van der Waals surface area (Å²) in [6, 6.07) is 14.3. The molecular weight excluding hydrogens is 300 g/mol. The quantitative estimate of drug-likeness (QED) is 0.620. The first kappa shape index (κ1) is 14.5. The molecule has 0 amide bonds. The number of hydrogen-bond acceptors (Lipinski definition) is 4. The number of benzene rings is 2. The van der Waals surface area contributed by atoms with Crippen LogP contribution in [0.1, 0.15) is 21.5 Å². The average molecular weight is 316 g/mol. The van der Waals surface area contributed by atoms with Crippen molar-refractivity contribution in [1.82, 2.24) is 0 Å². The molecule has 1 aliphatic rings. The molecule has 2 nitrogen and oxygen atoms in total. The van der Waals surface area contributed by atoms with Gasteiger partial charge in [0.25, 0.3) is 0 Å². The first-order chi connectivity index (χ1) is 10.2. The maximum atomic E-state index is 12.2. The van der Waals surface area contributed by atoms with Gasteiger partial charge in [0.1, 0.15) is 4.08 Å². The minimum Gasteiger partial charge on any atom is -0.465 e. The van der Waals surface area contributed by atoms with E-state index in [4.69, 9.17) is 4.74 Å². The van der Waals surface area contributed by atoms with E-state index in [1.165, 1.54) is 18.2 Å². The summed E-state index contributed by atoms with van der Waals surface area (Å²) < 4.78 is 4.73. The Labute approximate surface area is 133 Å². The lowest BCUT2D eigenvalue weighted by molar-refractivity contribution is 0.0599. The third-order valence-corrected chi connectivity index (χ3v) is 6.94. The Bertz CT molecular complexity index is 706. The van der Waals surface area contributed by atoms with Gasteiger partial charge in [-0.05, 0) is 35.3 Å². The van der Waals surface area contributed by atoms with Crippen LogP contribution in [0.2, 0.25) is 0 Å². The maximum absolute atomic E-state index is 12.2. The summed E-state index contributed by atoms with van der Waals surface area (Å²) in [7, 11) is 1.43. The summed E-state index contributed by atoms with van der Waals surface area (Å²) in [6.07, 6.45) is 4.19. The molecule has 0 aromatic heterocycles. The molecule has 108 valence electrons. The monoisotopic (exact) mass is 316 g/mol. The van der Waals surface area contributed by atoms with Crippen molar-refractivity contribution in [1.29, 1.82) is 0 Å². The van der Waals surface area contributed by atoms with E-state index in [0.29, 0.717) is 5.56 Å². The second-order valence-electron chi connectivity index (χ2n) is 4.79. The highest BCUT2D eigenvalue weighted by atomic mass is 32.2. The molecule has 0 fully saturated rings. The minimum atomic E-state index is -0.271. The van der Waals surface area contributed by atoms with E-state index in [0.717, 1.165) is 11.1 Å². The highest BCUT2D eigenvalue weighted by Gasteiger charge is 2.44. The van der Waals surface area contributed by atoms with E-state index in [2.05, 4.69) is 36.8 Å². The molecule has 0 heterocycles. The Morgan fingerprint density at radius 3 is 2.33 bits per heavy atom. The number of ether oxygens (including phenoxy) is 1. The lowest BCUT2D eigenvalue weighted by atomic mass is 10.0. The van der Waals surface area contributed by atoms with Crippen LogP contribution in [0.5, 0.6) is 0 Å². The molecule has 0 radical (unpaired) electrons. The van der Waals surface area contributed by atoms with Crippen LogP contribution in [0.25, 0.3) is 11.1 Å². The van der Waals surface area contributed by atoms with Crippen LogP contribution in [0.4, 0.5) is 0 Å². The predicted octanol–water partition coefficient (Wildman–Crippen LogP) is 4.38. The zero-order valence-corrected chi connectivity index (χ0v) is 13.8. The van der Waals surface area contributed by atoms with Gasteiger partial charge in [0.05, 0.1) is 12.7 Å². The minimum absolute atomic E-state index is 0.253. The van der Waals surface area contributed by atoms with Gasteiger partial charge in [-0.2, -0.15) is 0 Å². The second-order valence-corrected chi connectivity index (χ2v) is 7.09. The molecule has 0 N–H and O–H groups in total. The van der Waals surface area contributed by atoms with Crippen molar-refractivity contribution in [3.8, 4) is 11.1 Å². The van der Waals surface area contributed by atoms with E-state index < -0.39 is 0 Å². The molecule has 21 heavy (non-hydrogen) atoms. The molecule has 0 bridgehead atoms. The van der Waals surface area contributed by atoms with Gasteiger partial charge < -0.3 is 4.74 Å². The van der Waals surface area contributed by atoms with Gasteiger partial charge in [0.2, 0.25) is 0 Å². The van der Waals surface area contributed by atoms with Crippen molar-refractivity contribution in [2.24, 2.45) is 0 Å². The molecule has 2 aromatic carbocycles. The lowest BCUT2D eigenvalue weighted by Gasteiger charge is -2.29. The lowest BCUT2D eigenvalue weighted by Crippen LogP contribution is -2.19. The fourth-order valence-corrected chi connectivity index (χ4v) is 5.37. The van der Waals surface area contributed by atoms with Gasteiger partial charge in [0, 0.05) is 5.56 Å². The molecule has 2 aromatic rings. The van der Waals surface area contributed by atoms with Crippen LogP contribution in [0, 0.1) is 0 Å². The molecule has 3 rings (SSSR count).